The Morgan fingerprint density at radius 3 is 2.62 bits per heavy atom. The van der Waals surface area contributed by atoms with Gasteiger partial charge in [-0.05, 0) is 37.8 Å². The van der Waals surface area contributed by atoms with Crippen LogP contribution in [0.5, 0.6) is 11.6 Å². The van der Waals surface area contributed by atoms with Gasteiger partial charge in [-0.25, -0.2) is 9.07 Å². The Bertz CT molecular complexity index is 1050. The Morgan fingerprint density at radius 1 is 1.22 bits per heavy atom. The standard InChI is InChI=1S/C26H30FN3O2/c1-3-4-12-21(31)17-30(20-15-16-20)18-22-25(19-10-6-5-7-11-19)28-29(2)26(22)32-24-14-9-8-13-23(24)27/h3,5-11,13-14,20-21,31H,1,4,12,15-18H2,2H3/t21-/m0/s1. The summed E-state index contributed by atoms with van der Waals surface area (Å²) in [6, 6.07) is 16.8. The molecule has 0 aliphatic heterocycles. The van der Waals surface area contributed by atoms with Gasteiger partial charge in [-0.15, -0.1) is 6.58 Å². The van der Waals surface area contributed by atoms with Crippen molar-refractivity contribution in [2.45, 2.75) is 44.4 Å². The number of hydrogen-bond donors (Lipinski definition) is 1. The van der Waals surface area contributed by atoms with Gasteiger partial charge in [0.15, 0.2) is 11.6 Å². The number of para-hydroxylation sites is 1. The van der Waals surface area contributed by atoms with Crippen molar-refractivity contribution in [3.8, 4) is 22.9 Å². The fourth-order valence-electron chi connectivity index (χ4n) is 3.94. The molecule has 1 fully saturated rings. The molecule has 0 bridgehead atoms. The number of allylic oxidation sites excluding steroid dienone is 1. The summed E-state index contributed by atoms with van der Waals surface area (Å²) in [5, 5.41) is 15.3. The molecule has 0 amide bonds. The van der Waals surface area contributed by atoms with Crippen molar-refractivity contribution < 1.29 is 14.2 Å². The summed E-state index contributed by atoms with van der Waals surface area (Å²) in [4.78, 5) is 2.30. The normalized spacial score (nSPS) is 14.5. The fraction of sp³-hybridized carbons (Fsp3) is 0.346. The molecule has 0 saturated heterocycles. The first-order valence-corrected chi connectivity index (χ1v) is 11.1. The SMILES string of the molecule is C=CCC[C@H](O)CN(Cc1c(-c2ccccc2)nn(C)c1Oc1ccccc1F)C1CC1. The Labute approximate surface area is 188 Å². The second-order valence-electron chi connectivity index (χ2n) is 8.33. The van der Waals surface area contributed by atoms with E-state index in [1.807, 2.05) is 43.5 Å². The first kappa shape index (κ1) is 22.2. The number of aromatic nitrogens is 2. The second kappa shape index (κ2) is 10.1. The molecular weight excluding hydrogens is 405 g/mol. The predicted molar refractivity (Wildman–Crippen MR) is 124 cm³/mol. The lowest BCUT2D eigenvalue weighted by Crippen LogP contribution is -2.34. The lowest BCUT2D eigenvalue weighted by Gasteiger charge is -2.25. The van der Waals surface area contributed by atoms with Crippen LogP contribution >= 0.6 is 0 Å². The molecule has 4 rings (SSSR count). The van der Waals surface area contributed by atoms with Gasteiger partial charge >= 0.3 is 0 Å². The lowest BCUT2D eigenvalue weighted by atomic mass is 10.1. The zero-order valence-corrected chi connectivity index (χ0v) is 18.5. The van der Waals surface area contributed by atoms with Crippen LogP contribution in [0.1, 0.15) is 31.2 Å². The molecular formula is C26H30FN3O2. The molecule has 2 aromatic carbocycles. The first-order valence-electron chi connectivity index (χ1n) is 11.1. The second-order valence-corrected chi connectivity index (χ2v) is 8.33. The van der Waals surface area contributed by atoms with Crippen molar-refractivity contribution in [3.05, 3.63) is 78.6 Å². The summed E-state index contributed by atoms with van der Waals surface area (Å²) >= 11 is 0. The minimum atomic E-state index is -0.429. The monoisotopic (exact) mass is 435 g/mol. The molecule has 1 N–H and O–H groups in total. The van der Waals surface area contributed by atoms with Crippen molar-refractivity contribution >= 4 is 0 Å². The predicted octanol–water partition coefficient (Wildman–Crippen LogP) is 5.31. The summed E-state index contributed by atoms with van der Waals surface area (Å²) in [6.07, 6.45) is 5.09. The molecule has 0 spiro atoms. The zero-order chi connectivity index (χ0) is 22.5. The third-order valence-corrected chi connectivity index (χ3v) is 5.75. The van der Waals surface area contributed by atoms with Gasteiger partial charge in [0.1, 0.15) is 5.69 Å². The largest absolute Gasteiger partial charge is 0.436 e. The summed E-state index contributed by atoms with van der Waals surface area (Å²) in [7, 11) is 1.81. The van der Waals surface area contributed by atoms with Crippen LogP contribution in [0.15, 0.2) is 67.3 Å². The van der Waals surface area contributed by atoms with Crippen molar-refractivity contribution in [2.24, 2.45) is 7.05 Å². The zero-order valence-electron chi connectivity index (χ0n) is 18.5. The summed E-state index contributed by atoms with van der Waals surface area (Å²) in [5.74, 6) is 0.264. The minimum absolute atomic E-state index is 0.167. The topological polar surface area (TPSA) is 50.5 Å². The summed E-state index contributed by atoms with van der Waals surface area (Å²) < 4.78 is 22.1. The number of hydrogen-bond acceptors (Lipinski definition) is 4. The third-order valence-electron chi connectivity index (χ3n) is 5.75. The molecule has 32 heavy (non-hydrogen) atoms. The van der Waals surface area contributed by atoms with Crippen LogP contribution in [-0.4, -0.2) is 38.5 Å². The molecule has 6 heteroatoms. The molecule has 5 nitrogen and oxygen atoms in total. The van der Waals surface area contributed by atoms with E-state index in [-0.39, 0.29) is 5.75 Å². The average Bonchev–Trinajstić information content (AvgIpc) is 3.60. The van der Waals surface area contributed by atoms with Crippen molar-refractivity contribution in [2.75, 3.05) is 6.54 Å². The van der Waals surface area contributed by atoms with Gasteiger partial charge < -0.3 is 9.84 Å². The van der Waals surface area contributed by atoms with E-state index in [0.29, 0.717) is 31.4 Å². The van der Waals surface area contributed by atoms with Gasteiger partial charge in [-0.1, -0.05) is 48.5 Å². The number of aliphatic hydroxyl groups is 1. The van der Waals surface area contributed by atoms with Crippen LogP contribution < -0.4 is 4.74 Å². The van der Waals surface area contributed by atoms with Crippen LogP contribution in [0.25, 0.3) is 11.3 Å². The first-order chi connectivity index (χ1) is 15.6. The Hall–Kier alpha value is -2.96. The molecule has 1 saturated carbocycles. The van der Waals surface area contributed by atoms with E-state index in [1.54, 1.807) is 22.9 Å². The van der Waals surface area contributed by atoms with Gasteiger partial charge in [0.2, 0.25) is 5.88 Å². The number of rotatable bonds is 11. The minimum Gasteiger partial charge on any atom is -0.436 e. The van der Waals surface area contributed by atoms with Crippen LogP contribution in [0, 0.1) is 5.82 Å². The van der Waals surface area contributed by atoms with E-state index in [0.717, 1.165) is 36.1 Å². The Kier molecular flexibility index (Phi) is 7.02. The maximum atomic E-state index is 14.4. The molecule has 1 atom stereocenters. The quantitative estimate of drug-likeness (QED) is 0.415. The van der Waals surface area contributed by atoms with E-state index in [2.05, 4.69) is 11.5 Å². The highest BCUT2D eigenvalue weighted by atomic mass is 19.1. The van der Waals surface area contributed by atoms with Gasteiger partial charge in [-0.2, -0.15) is 5.10 Å². The maximum Gasteiger partial charge on any atom is 0.222 e. The van der Waals surface area contributed by atoms with Gasteiger partial charge in [0, 0.05) is 31.7 Å². The average molecular weight is 436 g/mol. The van der Waals surface area contributed by atoms with Crippen LogP contribution in [-0.2, 0) is 13.6 Å². The highest BCUT2D eigenvalue weighted by molar-refractivity contribution is 5.65. The fourth-order valence-corrected chi connectivity index (χ4v) is 3.94. The van der Waals surface area contributed by atoms with Crippen LogP contribution in [0.3, 0.4) is 0 Å². The molecule has 1 heterocycles. The van der Waals surface area contributed by atoms with E-state index >= 15 is 0 Å². The van der Waals surface area contributed by atoms with Gasteiger partial charge in [-0.3, -0.25) is 4.90 Å². The molecule has 0 unspecified atom stereocenters. The van der Waals surface area contributed by atoms with E-state index < -0.39 is 11.9 Å². The number of halogens is 1. The molecule has 1 aliphatic rings. The lowest BCUT2D eigenvalue weighted by molar-refractivity contribution is 0.0976. The van der Waals surface area contributed by atoms with E-state index in [4.69, 9.17) is 9.84 Å². The number of benzene rings is 2. The van der Waals surface area contributed by atoms with Gasteiger partial charge in [0.25, 0.3) is 0 Å². The molecule has 1 aliphatic carbocycles. The summed E-state index contributed by atoms with van der Waals surface area (Å²) in [6.45, 7) is 4.89. The maximum absolute atomic E-state index is 14.4. The van der Waals surface area contributed by atoms with Crippen molar-refractivity contribution in [1.29, 1.82) is 0 Å². The number of ether oxygens (including phenoxy) is 1. The van der Waals surface area contributed by atoms with Gasteiger partial charge in [0.05, 0.1) is 11.7 Å². The third kappa shape index (κ3) is 5.26. The van der Waals surface area contributed by atoms with Crippen molar-refractivity contribution in [1.82, 2.24) is 14.7 Å². The molecule has 0 radical (unpaired) electrons. The highest BCUT2D eigenvalue weighted by Crippen LogP contribution is 2.37. The molecule has 3 aromatic rings. The number of aryl methyl sites for hydroxylation is 1. The number of nitrogens with zero attached hydrogens (tertiary/aromatic N) is 3. The van der Waals surface area contributed by atoms with E-state index in [9.17, 15) is 9.50 Å². The van der Waals surface area contributed by atoms with E-state index in [1.165, 1.54) is 6.07 Å². The number of aliphatic hydroxyl groups excluding tert-OH is 1. The van der Waals surface area contributed by atoms with Crippen molar-refractivity contribution in [3.63, 3.8) is 0 Å². The van der Waals surface area contributed by atoms with Crippen LogP contribution in [0.2, 0.25) is 0 Å². The van der Waals surface area contributed by atoms with Crippen LogP contribution in [0.4, 0.5) is 4.39 Å². The highest BCUT2D eigenvalue weighted by Gasteiger charge is 2.33. The summed E-state index contributed by atoms with van der Waals surface area (Å²) in [5.41, 5.74) is 2.68. The molecule has 168 valence electrons. The smallest absolute Gasteiger partial charge is 0.222 e. The Morgan fingerprint density at radius 2 is 1.94 bits per heavy atom. The Balaban J connectivity index is 1.69. The molecule has 1 aromatic heterocycles.